The van der Waals surface area contributed by atoms with Gasteiger partial charge in [-0.25, -0.2) is 0 Å². The lowest BCUT2D eigenvalue weighted by Gasteiger charge is -2.16. The van der Waals surface area contributed by atoms with Gasteiger partial charge in [-0.3, -0.25) is 0 Å². The van der Waals surface area contributed by atoms with E-state index < -0.39 is 5.34 Å². The van der Waals surface area contributed by atoms with Gasteiger partial charge in [0, 0.05) is 5.34 Å². The molecule has 0 aromatic rings. The highest BCUT2D eigenvalue weighted by molar-refractivity contribution is 4.60. The summed E-state index contributed by atoms with van der Waals surface area (Å²) in [6.45, 7) is 5.12. The summed E-state index contributed by atoms with van der Waals surface area (Å²) in [7, 11) is 0. The fraction of sp³-hybridized carbons (Fsp3) is 1.00. The lowest BCUT2D eigenvalue weighted by atomic mass is 9.98. The molecule has 50 valence electrons. The second kappa shape index (κ2) is 2.40. The van der Waals surface area contributed by atoms with E-state index in [1.54, 1.807) is 20.8 Å². The molecule has 1 nitrogen and oxygen atoms in total. The predicted molar refractivity (Wildman–Crippen MR) is 28.4 cm³/mol. The van der Waals surface area contributed by atoms with Crippen molar-refractivity contribution in [1.82, 2.24) is 5.34 Å². The Morgan fingerprint density at radius 3 is 1.62 bits per heavy atom. The van der Waals surface area contributed by atoms with Crippen molar-refractivity contribution in [3.05, 3.63) is 0 Å². The zero-order valence-corrected chi connectivity index (χ0v) is 5.41. The Morgan fingerprint density at radius 1 is 1.25 bits per heavy atom. The smallest absolute Gasteiger partial charge is 0.0668 e. The summed E-state index contributed by atoms with van der Waals surface area (Å²) >= 11 is 0. The Kier molecular flexibility index (Phi) is 2.34. The first-order chi connectivity index (χ1) is 3.42. The minimum absolute atomic E-state index is 0.174. The molecule has 0 aromatic heterocycles. The Morgan fingerprint density at radius 2 is 1.62 bits per heavy atom. The van der Waals surface area contributed by atoms with Crippen molar-refractivity contribution in [2.24, 2.45) is 5.41 Å². The first-order valence-electron chi connectivity index (χ1n) is 2.51. The van der Waals surface area contributed by atoms with Gasteiger partial charge in [-0.05, 0) is 5.41 Å². The molecule has 0 heterocycles. The molecule has 0 fully saturated rings. The lowest BCUT2D eigenvalue weighted by molar-refractivity contribution is -0.169. The summed E-state index contributed by atoms with van der Waals surface area (Å²) in [4.78, 5) is 0. The van der Waals surface area contributed by atoms with Gasteiger partial charge in [0.1, 0.15) is 0 Å². The van der Waals surface area contributed by atoms with Crippen molar-refractivity contribution >= 4 is 0 Å². The van der Waals surface area contributed by atoms with E-state index in [4.69, 9.17) is 0 Å². The maximum atomic E-state index is 11.4. The fourth-order valence-electron chi connectivity index (χ4n) is 0.359. The molecule has 0 saturated heterocycles. The van der Waals surface area contributed by atoms with Crippen molar-refractivity contribution in [3.63, 3.8) is 0 Å². The van der Waals surface area contributed by atoms with E-state index >= 15 is 0 Å². The monoisotopic (exact) mass is 123 g/mol. The quantitative estimate of drug-likeness (QED) is 0.482. The van der Waals surface area contributed by atoms with Gasteiger partial charge in [-0.1, -0.05) is 20.8 Å². The molecule has 0 saturated carbocycles. The minimum Gasteiger partial charge on any atom is -0.102 e. The zero-order valence-electron chi connectivity index (χ0n) is 5.41. The van der Waals surface area contributed by atoms with Crippen LogP contribution in [0.5, 0.6) is 0 Å². The molecule has 8 heavy (non-hydrogen) atoms. The van der Waals surface area contributed by atoms with Crippen molar-refractivity contribution in [2.45, 2.75) is 20.8 Å². The van der Waals surface area contributed by atoms with Gasteiger partial charge in [0.2, 0.25) is 0 Å². The van der Waals surface area contributed by atoms with Crippen molar-refractivity contribution in [3.8, 4) is 0 Å². The summed E-state index contributed by atoms with van der Waals surface area (Å²) in [5.41, 5.74) is -0.302. The van der Waals surface area contributed by atoms with E-state index in [0.717, 1.165) is 0 Å². The highest BCUT2D eigenvalue weighted by atomic mass is 19.4. The third-order valence-corrected chi connectivity index (χ3v) is 0.594. The third kappa shape index (κ3) is 5.82. The second-order valence-corrected chi connectivity index (χ2v) is 3.02. The van der Waals surface area contributed by atoms with E-state index in [0.29, 0.717) is 0 Å². The third-order valence-electron chi connectivity index (χ3n) is 0.594. The van der Waals surface area contributed by atoms with Gasteiger partial charge in [0.05, 0.1) is 6.54 Å². The van der Waals surface area contributed by atoms with Crippen molar-refractivity contribution in [1.29, 1.82) is 0 Å². The maximum absolute atomic E-state index is 11.4. The van der Waals surface area contributed by atoms with Gasteiger partial charge < -0.3 is 0 Å². The van der Waals surface area contributed by atoms with Crippen LogP contribution in [0.2, 0.25) is 0 Å². The van der Waals surface area contributed by atoms with Gasteiger partial charge in [-0.15, -0.1) is 8.96 Å². The van der Waals surface area contributed by atoms with Gasteiger partial charge in [0.25, 0.3) is 0 Å². The Balaban J connectivity index is 3.39. The highest BCUT2D eigenvalue weighted by Gasteiger charge is 2.14. The molecule has 0 aliphatic heterocycles. The van der Waals surface area contributed by atoms with Crippen LogP contribution in [0.4, 0.5) is 8.96 Å². The summed E-state index contributed by atoms with van der Waals surface area (Å²) in [6.07, 6.45) is 0. The van der Waals surface area contributed by atoms with Crippen LogP contribution in [0.1, 0.15) is 20.8 Å². The summed E-state index contributed by atoms with van der Waals surface area (Å²) in [5.74, 6) is 0. The molecule has 0 aliphatic carbocycles. The number of rotatable bonds is 1. The molecule has 0 aromatic carbocycles. The van der Waals surface area contributed by atoms with Crippen LogP contribution in [0.25, 0.3) is 0 Å². The first kappa shape index (κ1) is 7.82. The van der Waals surface area contributed by atoms with Crippen LogP contribution < -0.4 is 0 Å². The molecule has 0 N–H and O–H groups in total. The largest absolute Gasteiger partial charge is 0.102 e. The second-order valence-electron chi connectivity index (χ2n) is 3.02. The fourth-order valence-corrected chi connectivity index (χ4v) is 0.359. The van der Waals surface area contributed by atoms with Gasteiger partial charge in [0.15, 0.2) is 0 Å². The molecule has 0 spiro atoms. The zero-order chi connectivity index (χ0) is 6.78. The molecule has 3 heteroatoms. The van der Waals surface area contributed by atoms with E-state index in [2.05, 4.69) is 0 Å². The molecular weight excluding hydrogens is 112 g/mol. The van der Waals surface area contributed by atoms with Crippen LogP contribution >= 0.6 is 0 Å². The molecular formula is C5H11F2N. The van der Waals surface area contributed by atoms with E-state index in [9.17, 15) is 8.96 Å². The number of halogens is 2. The highest BCUT2D eigenvalue weighted by Crippen LogP contribution is 2.14. The van der Waals surface area contributed by atoms with E-state index in [-0.39, 0.29) is 12.0 Å². The van der Waals surface area contributed by atoms with Crippen molar-refractivity contribution < 1.29 is 8.96 Å². The molecule has 0 amide bonds. The standard InChI is InChI=1S/C5H11F2N/c1-5(2,3)4-8(6)7/h4H2,1-3H3. The summed E-state index contributed by atoms with van der Waals surface area (Å²) in [5, 5.41) is -0.792. The predicted octanol–water partition coefficient (Wildman–Crippen LogP) is 2.10. The molecule has 0 radical (unpaired) electrons. The first-order valence-corrected chi connectivity index (χ1v) is 2.51. The lowest BCUT2D eigenvalue weighted by Crippen LogP contribution is -2.19. The van der Waals surface area contributed by atoms with Crippen LogP contribution in [0.3, 0.4) is 0 Å². The number of hydrogen-bond donors (Lipinski definition) is 0. The Labute approximate surface area is 48.2 Å². The van der Waals surface area contributed by atoms with Crippen LogP contribution in [-0.2, 0) is 0 Å². The molecule has 0 bridgehead atoms. The maximum Gasteiger partial charge on any atom is 0.0668 e. The minimum atomic E-state index is -0.792. The van der Waals surface area contributed by atoms with Gasteiger partial charge >= 0.3 is 0 Å². The molecule has 0 aliphatic rings. The number of nitrogens with zero attached hydrogens (tertiary/aromatic N) is 1. The number of hydrogen-bond acceptors (Lipinski definition) is 1. The molecule has 0 rings (SSSR count). The van der Waals surface area contributed by atoms with E-state index in [1.165, 1.54) is 0 Å². The molecule has 0 atom stereocenters. The SMILES string of the molecule is CC(C)(C)CN(F)F. The average Bonchev–Trinajstić information content (AvgIpc) is 1.21. The van der Waals surface area contributed by atoms with E-state index in [1.807, 2.05) is 0 Å². The summed E-state index contributed by atoms with van der Waals surface area (Å²) in [6, 6.07) is 0. The van der Waals surface area contributed by atoms with Gasteiger partial charge in [-0.2, -0.15) is 0 Å². The van der Waals surface area contributed by atoms with Crippen LogP contribution in [0.15, 0.2) is 0 Å². The Bertz CT molecular complexity index is 65.3. The normalized spacial score (nSPS) is 12.8. The Hall–Kier alpha value is -0.180. The van der Waals surface area contributed by atoms with Crippen LogP contribution in [-0.4, -0.2) is 11.9 Å². The van der Waals surface area contributed by atoms with Crippen molar-refractivity contribution in [2.75, 3.05) is 6.54 Å². The van der Waals surface area contributed by atoms with Crippen LogP contribution in [0, 0.1) is 5.41 Å². The topological polar surface area (TPSA) is 3.24 Å². The summed E-state index contributed by atoms with van der Waals surface area (Å²) < 4.78 is 22.7. The molecule has 0 unspecified atom stereocenters. The average molecular weight is 123 g/mol.